The summed E-state index contributed by atoms with van der Waals surface area (Å²) in [5, 5.41) is 2.86. The first-order valence-corrected chi connectivity index (χ1v) is 9.74. The Kier molecular flexibility index (Phi) is 8.97. The molecule has 6 nitrogen and oxygen atoms in total. The van der Waals surface area contributed by atoms with E-state index >= 15 is 0 Å². The van der Waals surface area contributed by atoms with E-state index in [-0.39, 0.29) is 53.2 Å². The van der Waals surface area contributed by atoms with Crippen LogP contribution in [0.1, 0.15) is 13.8 Å². The van der Waals surface area contributed by atoms with Gasteiger partial charge in [-0.1, -0.05) is 12.1 Å². The molecule has 2 aromatic carbocycles. The number of halogens is 2. The number of hydrogen-bond acceptors (Lipinski definition) is 4. The van der Waals surface area contributed by atoms with E-state index in [1.165, 1.54) is 18.2 Å². The molecular weight excluding hydrogens is 484 g/mol. The van der Waals surface area contributed by atoms with Gasteiger partial charge in [0.15, 0.2) is 15.8 Å². The van der Waals surface area contributed by atoms with E-state index in [4.69, 9.17) is 10.5 Å². The first-order chi connectivity index (χ1) is 12.3. The van der Waals surface area contributed by atoms with Crippen LogP contribution in [-0.4, -0.2) is 32.8 Å². The van der Waals surface area contributed by atoms with E-state index < -0.39 is 15.7 Å². The highest BCUT2D eigenvalue weighted by Gasteiger charge is 2.18. The van der Waals surface area contributed by atoms with Gasteiger partial charge in [-0.2, -0.15) is 0 Å². The minimum Gasteiger partial charge on any atom is -0.491 e. The summed E-state index contributed by atoms with van der Waals surface area (Å²) in [5.74, 6) is -0.299. The molecule has 0 fully saturated rings. The summed E-state index contributed by atoms with van der Waals surface area (Å²) in [6.45, 7) is 3.79. The van der Waals surface area contributed by atoms with Crippen molar-refractivity contribution in [2.45, 2.75) is 24.8 Å². The van der Waals surface area contributed by atoms with Crippen LogP contribution >= 0.6 is 24.0 Å². The Hall–Kier alpha value is -1.88. The molecule has 0 radical (unpaired) electrons. The zero-order chi connectivity index (χ0) is 19.2. The Labute approximate surface area is 176 Å². The summed E-state index contributed by atoms with van der Waals surface area (Å²) < 4.78 is 43.4. The largest absolute Gasteiger partial charge is 0.491 e. The molecule has 0 bridgehead atoms. The van der Waals surface area contributed by atoms with Crippen molar-refractivity contribution in [1.29, 1.82) is 0 Å². The minimum atomic E-state index is -3.76. The lowest BCUT2D eigenvalue weighted by Crippen LogP contribution is -2.24. The second-order valence-electron chi connectivity index (χ2n) is 5.83. The molecule has 0 saturated carbocycles. The molecule has 2 rings (SSSR count). The first-order valence-electron chi connectivity index (χ1n) is 8.09. The third-order valence-corrected chi connectivity index (χ3v) is 5.03. The molecule has 0 heterocycles. The van der Waals surface area contributed by atoms with Crippen molar-refractivity contribution < 1.29 is 17.5 Å². The zero-order valence-electron chi connectivity index (χ0n) is 15.1. The van der Waals surface area contributed by atoms with Crippen LogP contribution in [0.2, 0.25) is 0 Å². The van der Waals surface area contributed by atoms with Crippen molar-refractivity contribution in [2.75, 3.05) is 17.6 Å². The molecular formula is C18H23FIN3O3S. The maximum atomic E-state index is 13.6. The molecule has 0 aliphatic rings. The second-order valence-corrected chi connectivity index (χ2v) is 7.91. The number of anilines is 1. The van der Waals surface area contributed by atoms with Crippen molar-refractivity contribution in [2.24, 2.45) is 10.7 Å². The number of nitrogens with one attached hydrogen (secondary N) is 1. The van der Waals surface area contributed by atoms with Crippen LogP contribution in [0.4, 0.5) is 10.1 Å². The standard InChI is InChI=1S/C18H22FN3O3S.HI/c1-13(2)25-15-9-7-14(8-10-15)22-18(20)21-11-12-26(23,24)17-6-4-3-5-16(17)19;/h3-10,13H,11-12H2,1-2H3,(H3,20,21,22);1H. The van der Waals surface area contributed by atoms with Gasteiger partial charge in [0.25, 0.3) is 0 Å². The van der Waals surface area contributed by atoms with Crippen molar-refractivity contribution in [1.82, 2.24) is 0 Å². The number of aliphatic imine (C=N–C) groups is 1. The van der Waals surface area contributed by atoms with Crippen LogP contribution in [0.5, 0.6) is 5.75 Å². The Bertz CT molecular complexity index is 872. The van der Waals surface area contributed by atoms with E-state index in [1.54, 1.807) is 24.3 Å². The average molecular weight is 507 g/mol. The molecule has 0 unspecified atom stereocenters. The Balaban J connectivity index is 0.00000364. The molecule has 0 spiro atoms. The molecule has 2 aromatic rings. The Morgan fingerprint density at radius 2 is 1.81 bits per heavy atom. The molecule has 0 aliphatic heterocycles. The predicted molar refractivity (Wildman–Crippen MR) is 116 cm³/mol. The number of benzene rings is 2. The summed E-state index contributed by atoms with van der Waals surface area (Å²) >= 11 is 0. The van der Waals surface area contributed by atoms with Gasteiger partial charge in [-0.25, -0.2) is 12.8 Å². The lowest BCUT2D eigenvalue weighted by Gasteiger charge is -2.11. The van der Waals surface area contributed by atoms with Crippen LogP contribution in [0.15, 0.2) is 58.4 Å². The molecule has 0 saturated heterocycles. The third kappa shape index (κ3) is 7.33. The lowest BCUT2D eigenvalue weighted by atomic mass is 10.3. The molecule has 3 N–H and O–H groups in total. The van der Waals surface area contributed by atoms with Crippen molar-refractivity contribution >= 4 is 45.5 Å². The Morgan fingerprint density at radius 1 is 1.19 bits per heavy atom. The number of hydrogen-bond donors (Lipinski definition) is 2. The number of nitrogens with zero attached hydrogens (tertiary/aromatic N) is 1. The molecule has 27 heavy (non-hydrogen) atoms. The molecule has 148 valence electrons. The summed E-state index contributed by atoms with van der Waals surface area (Å²) in [6.07, 6.45) is 0.0804. The quantitative estimate of drug-likeness (QED) is 0.340. The smallest absolute Gasteiger partial charge is 0.193 e. The van der Waals surface area contributed by atoms with Gasteiger partial charge in [0.05, 0.1) is 18.4 Å². The molecule has 0 aromatic heterocycles. The normalized spacial score (nSPS) is 11.8. The molecule has 0 amide bonds. The van der Waals surface area contributed by atoms with Crippen LogP contribution in [0.3, 0.4) is 0 Å². The summed E-state index contributed by atoms with van der Waals surface area (Å²) in [5.41, 5.74) is 6.45. The van der Waals surface area contributed by atoms with Gasteiger partial charge in [-0.05, 0) is 50.2 Å². The number of sulfone groups is 1. The van der Waals surface area contributed by atoms with Gasteiger partial charge in [0, 0.05) is 5.69 Å². The number of ether oxygens (including phenoxy) is 1. The topological polar surface area (TPSA) is 93.8 Å². The monoisotopic (exact) mass is 507 g/mol. The van der Waals surface area contributed by atoms with Gasteiger partial charge >= 0.3 is 0 Å². The number of nitrogens with two attached hydrogens (primary N) is 1. The van der Waals surface area contributed by atoms with E-state index in [1.807, 2.05) is 13.8 Å². The average Bonchev–Trinajstić information content (AvgIpc) is 2.56. The zero-order valence-corrected chi connectivity index (χ0v) is 18.2. The van der Waals surface area contributed by atoms with Gasteiger partial charge in [-0.3, -0.25) is 4.99 Å². The maximum absolute atomic E-state index is 13.6. The lowest BCUT2D eigenvalue weighted by molar-refractivity contribution is 0.242. The minimum absolute atomic E-state index is 0. The molecule has 9 heteroatoms. The Morgan fingerprint density at radius 3 is 2.41 bits per heavy atom. The fourth-order valence-electron chi connectivity index (χ4n) is 2.17. The van der Waals surface area contributed by atoms with E-state index in [0.717, 1.165) is 11.8 Å². The number of guanidine groups is 1. The van der Waals surface area contributed by atoms with Crippen LogP contribution in [0.25, 0.3) is 0 Å². The van der Waals surface area contributed by atoms with Crippen molar-refractivity contribution in [3.63, 3.8) is 0 Å². The second kappa shape index (κ2) is 10.5. The highest BCUT2D eigenvalue weighted by molar-refractivity contribution is 14.0. The maximum Gasteiger partial charge on any atom is 0.193 e. The first kappa shape index (κ1) is 23.2. The SMILES string of the molecule is CC(C)Oc1ccc(NC(N)=NCCS(=O)(=O)c2ccccc2F)cc1.I. The van der Waals surface area contributed by atoms with E-state index in [2.05, 4.69) is 10.3 Å². The third-order valence-electron chi connectivity index (χ3n) is 3.31. The van der Waals surface area contributed by atoms with Gasteiger partial charge < -0.3 is 15.8 Å². The fourth-order valence-corrected chi connectivity index (χ4v) is 3.37. The summed E-state index contributed by atoms with van der Waals surface area (Å²) in [6, 6.07) is 12.4. The highest BCUT2D eigenvalue weighted by atomic mass is 127. The van der Waals surface area contributed by atoms with Gasteiger partial charge in [0.2, 0.25) is 0 Å². The van der Waals surface area contributed by atoms with E-state index in [0.29, 0.717) is 5.69 Å². The fraction of sp³-hybridized carbons (Fsp3) is 0.278. The van der Waals surface area contributed by atoms with Crippen LogP contribution in [-0.2, 0) is 9.84 Å². The molecule has 0 atom stereocenters. The van der Waals surface area contributed by atoms with Crippen LogP contribution < -0.4 is 15.8 Å². The summed E-state index contributed by atoms with van der Waals surface area (Å²) in [7, 11) is -3.76. The van der Waals surface area contributed by atoms with Gasteiger partial charge in [-0.15, -0.1) is 24.0 Å². The molecule has 0 aliphatic carbocycles. The van der Waals surface area contributed by atoms with Gasteiger partial charge in [0.1, 0.15) is 16.5 Å². The van der Waals surface area contributed by atoms with Crippen molar-refractivity contribution in [3.8, 4) is 5.75 Å². The predicted octanol–water partition coefficient (Wildman–Crippen LogP) is 3.43. The summed E-state index contributed by atoms with van der Waals surface area (Å²) in [4.78, 5) is 3.65. The number of rotatable bonds is 7. The highest BCUT2D eigenvalue weighted by Crippen LogP contribution is 2.17. The van der Waals surface area contributed by atoms with Crippen molar-refractivity contribution in [3.05, 3.63) is 54.3 Å². The van der Waals surface area contributed by atoms with Crippen LogP contribution in [0, 0.1) is 5.82 Å². The van der Waals surface area contributed by atoms with E-state index in [9.17, 15) is 12.8 Å².